The first-order chi connectivity index (χ1) is 7.88. The lowest BCUT2D eigenvalue weighted by Crippen LogP contribution is -2.17. The normalized spacial score (nSPS) is 10.8. The maximum absolute atomic E-state index is 5.23. The molecule has 1 aromatic rings. The molecular formula is C13H23NOSi. The van der Waals surface area contributed by atoms with Crippen LogP contribution in [-0.4, -0.2) is 23.4 Å². The van der Waals surface area contributed by atoms with Crippen molar-refractivity contribution in [1.82, 2.24) is 5.48 Å². The fourth-order valence-corrected chi connectivity index (χ4v) is 2.43. The Morgan fingerprint density at radius 3 is 2.69 bits per heavy atom. The van der Waals surface area contributed by atoms with E-state index in [0.717, 1.165) is 32.4 Å². The van der Waals surface area contributed by atoms with E-state index >= 15 is 0 Å². The Morgan fingerprint density at radius 2 is 2.00 bits per heavy atom. The molecule has 0 fully saturated rings. The fraction of sp³-hybridized carbons (Fsp3) is 0.538. The van der Waals surface area contributed by atoms with E-state index in [1.807, 2.05) is 0 Å². The third-order valence-electron chi connectivity index (χ3n) is 2.63. The SMILES string of the molecule is CCCONCCCc1ccccc1C[SiH3]. The predicted octanol–water partition coefficient (Wildman–Crippen LogP) is 1.42. The van der Waals surface area contributed by atoms with Crippen molar-refractivity contribution in [2.45, 2.75) is 32.2 Å². The van der Waals surface area contributed by atoms with Gasteiger partial charge in [0.05, 0.1) is 6.61 Å². The second kappa shape index (κ2) is 8.50. The van der Waals surface area contributed by atoms with Crippen LogP contribution in [0.25, 0.3) is 0 Å². The van der Waals surface area contributed by atoms with Crippen LogP contribution in [0.4, 0.5) is 0 Å². The van der Waals surface area contributed by atoms with Crippen LogP contribution >= 0.6 is 0 Å². The third-order valence-corrected chi connectivity index (χ3v) is 3.39. The fourth-order valence-electron chi connectivity index (χ4n) is 1.74. The molecule has 1 aromatic carbocycles. The van der Waals surface area contributed by atoms with Gasteiger partial charge in [-0.3, -0.25) is 0 Å². The van der Waals surface area contributed by atoms with Crippen LogP contribution in [-0.2, 0) is 17.3 Å². The maximum atomic E-state index is 5.23. The van der Waals surface area contributed by atoms with E-state index in [-0.39, 0.29) is 0 Å². The van der Waals surface area contributed by atoms with E-state index in [4.69, 9.17) is 4.84 Å². The number of hydrogen-bond donors (Lipinski definition) is 1. The van der Waals surface area contributed by atoms with Crippen molar-refractivity contribution in [2.75, 3.05) is 13.2 Å². The lowest BCUT2D eigenvalue weighted by Gasteiger charge is -2.08. The van der Waals surface area contributed by atoms with Gasteiger partial charge in [-0.15, -0.1) is 0 Å². The van der Waals surface area contributed by atoms with Crippen molar-refractivity contribution >= 4 is 10.2 Å². The van der Waals surface area contributed by atoms with E-state index in [0.29, 0.717) is 0 Å². The van der Waals surface area contributed by atoms with E-state index in [1.54, 1.807) is 0 Å². The van der Waals surface area contributed by atoms with Gasteiger partial charge in [0, 0.05) is 16.8 Å². The van der Waals surface area contributed by atoms with Gasteiger partial charge in [0.1, 0.15) is 0 Å². The molecule has 90 valence electrons. The van der Waals surface area contributed by atoms with Crippen molar-refractivity contribution in [1.29, 1.82) is 0 Å². The molecule has 0 bridgehead atoms. The molecule has 1 N–H and O–H groups in total. The van der Waals surface area contributed by atoms with Gasteiger partial charge >= 0.3 is 0 Å². The average molecular weight is 237 g/mol. The van der Waals surface area contributed by atoms with Gasteiger partial charge in [-0.25, -0.2) is 5.48 Å². The van der Waals surface area contributed by atoms with Crippen molar-refractivity contribution in [2.24, 2.45) is 0 Å². The summed E-state index contributed by atoms with van der Waals surface area (Å²) in [5, 5.41) is 0. The lowest BCUT2D eigenvalue weighted by molar-refractivity contribution is 0.0412. The molecule has 0 heterocycles. The summed E-state index contributed by atoms with van der Waals surface area (Å²) in [5.74, 6) is 0. The minimum atomic E-state index is 0.803. The Hall–Kier alpha value is -0.643. The number of hydrogen-bond acceptors (Lipinski definition) is 2. The zero-order valence-corrected chi connectivity index (χ0v) is 12.5. The highest BCUT2D eigenvalue weighted by Gasteiger charge is 1.98. The molecule has 0 radical (unpaired) electrons. The Kier molecular flexibility index (Phi) is 7.13. The van der Waals surface area contributed by atoms with E-state index < -0.39 is 0 Å². The molecule has 3 heteroatoms. The van der Waals surface area contributed by atoms with Crippen LogP contribution in [0, 0.1) is 0 Å². The Balaban J connectivity index is 2.21. The van der Waals surface area contributed by atoms with Crippen LogP contribution in [0.15, 0.2) is 24.3 Å². The molecule has 2 nitrogen and oxygen atoms in total. The first-order valence-corrected chi connectivity index (χ1v) is 7.71. The number of benzene rings is 1. The van der Waals surface area contributed by atoms with Crippen molar-refractivity contribution in [3.05, 3.63) is 35.4 Å². The van der Waals surface area contributed by atoms with Gasteiger partial charge in [-0.2, -0.15) is 0 Å². The monoisotopic (exact) mass is 237 g/mol. The largest absolute Gasteiger partial charge is 0.302 e. The van der Waals surface area contributed by atoms with Crippen molar-refractivity contribution in [3.63, 3.8) is 0 Å². The minimum Gasteiger partial charge on any atom is -0.302 e. The van der Waals surface area contributed by atoms with Gasteiger partial charge in [0.2, 0.25) is 0 Å². The zero-order valence-electron chi connectivity index (χ0n) is 10.5. The summed E-state index contributed by atoms with van der Waals surface area (Å²) in [6, 6.07) is 10.0. The Morgan fingerprint density at radius 1 is 1.25 bits per heavy atom. The molecule has 0 saturated heterocycles. The molecule has 0 aliphatic carbocycles. The highest BCUT2D eigenvalue weighted by atomic mass is 28.1. The average Bonchev–Trinajstić information content (AvgIpc) is 2.34. The Bertz CT molecular complexity index is 291. The highest BCUT2D eigenvalue weighted by molar-refractivity contribution is 6.08. The smallest absolute Gasteiger partial charge is 0.0679 e. The molecule has 1 rings (SSSR count). The van der Waals surface area contributed by atoms with Gasteiger partial charge in [-0.05, 0) is 36.4 Å². The summed E-state index contributed by atoms with van der Waals surface area (Å²) >= 11 is 0. The number of aryl methyl sites for hydroxylation is 1. The summed E-state index contributed by atoms with van der Waals surface area (Å²) in [6.45, 7) is 3.86. The quantitative estimate of drug-likeness (QED) is 0.419. The molecule has 0 saturated carbocycles. The summed E-state index contributed by atoms with van der Waals surface area (Å²) in [7, 11) is 1.25. The van der Waals surface area contributed by atoms with Gasteiger partial charge < -0.3 is 4.84 Å². The Labute approximate surface area is 102 Å². The van der Waals surface area contributed by atoms with Crippen molar-refractivity contribution < 1.29 is 4.84 Å². The molecule has 0 aliphatic rings. The second-order valence-electron chi connectivity index (χ2n) is 3.97. The van der Waals surface area contributed by atoms with E-state index in [1.165, 1.54) is 27.4 Å². The van der Waals surface area contributed by atoms with Crippen LogP contribution < -0.4 is 5.48 Å². The molecule has 0 unspecified atom stereocenters. The van der Waals surface area contributed by atoms with E-state index in [9.17, 15) is 0 Å². The minimum absolute atomic E-state index is 0.803. The number of nitrogens with one attached hydrogen (secondary N) is 1. The van der Waals surface area contributed by atoms with Crippen LogP contribution in [0.1, 0.15) is 30.9 Å². The van der Waals surface area contributed by atoms with Crippen LogP contribution in [0.5, 0.6) is 0 Å². The van der Waals surface area contributed by atoms with Gasteiger partial charge in [0.25, 0.3) is 0 Å². The third kappa shape index (κ3) is 4.92. The molecule has 0 aliphatic heterocycles. The summed E-state index contributed by atoms with van der Waals surface area (Å²) < 4.78 is 0. The standard InChI is InChI=1S/C13H23NOSi/c1-2-10-15-14-9-5-8-12-6-3-4-7-13(12)11-16/h3-4,6-7,14H,2,5,8-11H2,1,16H3. The predicted molar refractivity (Wildman–Crippen MR) is 72.7 cm³/mol. The summed E-state index contributed by atoms with van der Waals surface area (Å²) in [6.07, 6.45) is 3.36. The summed E-state index contributed by atoms with van der Waals surface area (Å²) in [5.41, 5.74) is 6.04. The molecule has 0 aromatic heterocycles. The zero-order chi connectivity index (χ0) is 11.6. The molecule has 0 amide bonds. The summed E-state index contributed by atoms with van der Waals surface area (Å²) in [4.78, 5) is 5.23. The van der Waals surface area contributed by atoms with Crippen molar-refractivity contribution in [3.8, 4) is 0 Å². The maximum Gasteiger partial charge on any atom is 0.0679 e. The molecule has 0 spiro atoms. The second-order valence-corrected chi connectivity index (χ2v) is 4.68. The number of hydroxylamine groups is 1. The van der Waals surface area contributed by atoms with Crippen LogP contribution in [0.3, 0.4) is 0 Å². The van der Waals surface area contributed by atoms with E-state index in [2.05, 4.69) is 36.7 Å². The van der Waals surface area contributed by atoms with Gasteiger partial charge in [-0.1, -0.05) is 31.2 Å². The molecular weight excluding hydrogens is 214 g/mol. The first kappa shape index (κ1) is 13.4. The lowest BCUT2D eigenvalue weighted by atomic mass is 10.0. The molecule has 0 atom stereocenters. The molecule has 16 heavy (non-hydrogen) atoms. The topological polar surface area (TPSA) is 21.3 Å². The van der Waals surface area contributed by atoms with Gasteiger partial charge in [0.15, 0.2) is 0 Å². The number of rotatable bonds is 8. The van der Waals surface area contributed by atoms with Crippen LogP contribution in [0.2, 0.25) is 0 Å². The first-order valence-electron chi connectivity index (χ1n) is 6.30. The highest BCUT2D eigenvalue weighted by Crippen LogP contribution is 2.10.